The first kappa shape index (κ1) is 27.0. The van der Waals surface area contributed by atoms with E-state index < -0.39 is 17.9 Å². The summed E-state index contributed by atoms with van der Waals surface area (Å²) in [5, 5.41) is 2.63. The summed E-state index contributed by atoms with van der Waals surface area (Å²) in [7, 11) is 0. The number of nitrogen functional groups attached to an aromatic ring is 2. The zero-order chi connectivity index (χ0) is 28.3. The molecule has 0 aliphatic carbocycles. The van der Waals surface area contributed by atoms with Crippen molar-refractivity contribution in [1.82, 2.24) is 24.8 Å². The van der Waals surface area contributed by atoms with Crippen molar-refractivity contribution in [3.8, 4) is 22.5 Å². The van der Waals surface area contributed by atoms with Crippen LogP contribution >= 0.6 is 0 Å². The van der Waals surface area contributed by atoms with Crippen LogP contribution in [0.25, 0.3) is 22.5 Å². The lowest BCUT2D eigenvalue weighted by Gasteiger charge is -2.26. The van der Waals surface area contributed by atoms with Crippen molar-refractivity contribution in [2.75, 3.05) is 43.1 Å². The first-order valence-corrected chi connectivity index (χ1v) is 12.3. The Labute approximate surface area is 227 Å². The van der Waals surface area contributed by atoms with Crippen LogP contribution in [0.5, 0.6) is 0 Å². The number of benzene rings is 1. The molecule has 1 fully saturated rings. The van der Waals surface area contributed by atoms with Gasteiger partial charge in [0, 0.05) is 43.0 Å². The normalized spacial score (nSPS) is 14.2. The molecule has 1 amide bonds. The van der Waals surface area contributed by atoms with Crippen molar-refractivity contribution in [1.29, 1.82) is 0 Å². The molecule has 4 aromatic rings. The summed E-state index contributed by atoms with van der Waals surface area (Å²) in [4.78, 5) is 30.8. The number of hydrogen-bond donors (Lipinski definition) is 3. The molecule has 3 aromatic heterocycles. The van der Waals surface area contributed by atoms with Gasteiger partial charge < -0.3 is 21.5 Å². The van der Waals surface area contributed by atoms with Crippen molar-refractivity contribution in [3.63, 3.8) is 0 Å². The molecule has 206 valence electrons. The highest BCUT2D eigenvalue weighted by atomic mass is 19.4. The summed E-state index contributed by atoms with van der Waals surface area (Å²) < 4.78 is 45.2. The molecule has 40 heavy (non-hydrogen) atoms. The molecule has 0 radical (unpaired) electrons. The van der Waals surface area contributed by atoms with Crippen LogP contribution in [0, 0.1) is 0 Å². The first-order valence-electron chi connectivity index (χ1n) is 12.3. The molecule has 0 spiro atoms. The second-order valence-corrected chi connectivity index (χ2v) is 9.09. The van der Waals surface area contributed by atoms with Gasteiger partial charge in [-0.3, -0.25) is 14.7 Å². The Morgan fingerprint density at radius 1 is 0.975 bits per heavy atom. The maximum absolute atomic E-state index is 13.3. The molecule has 1 aliphatic heterocycles. The van der Waals surface area contributed by atoms with Gasteiger partial charge in [-0.25, -0.2) is 15.0 Å². The van der Waals surface area contributed by atoms with E-state index in [0.29, 0.717) is 5.69 Å². The third kappa shape index (κ3) is 6.16. The number of pyridine rings is 2. The molecule has 1 aliphatic rings. The summed E-state index contributed by atoms with van der Waals surface area (Å²) in [6.07, 6.45) is -2.17. The Kier molecular flexibility index (Phi) is 7.58. The summed E-state index contributed by atoms with van der Waals surface area (Å²) in [6, 6.07) is 13.7. The largest absolute Gasteiger partial charge is 0.451 e. The van der Waals surface area contributed by atoms with Gasteiger partial charge in [0.05, 0.1) is 42.2 Å². The number of carbonyl (C=O) groups is 1. The van der Waals surface area contributed by atoms with Crippen LogP contribution in [0.2, 0.25) is 0 Å². The number of morpholine rings is 1. The number of aromatic nitrogens is 4. The number of alkyl halides is 3. The minimum atomic E-state index is -4.81. The number of halogens is 3. The molecule has 0 saturated carbocycles. The summed E-state index contributed by atoms with van der Waals surface area (Å²) in [5.74, 6) is -2.44. The SMILES string of the molecule is Nc1cc(-c2ccncc2NC(=O)c2nc(-c3ccc(CN4CCOCC4)cc3)ccc2N)nc(C(F)(F)F)n1. The van der Waals surface area contributed by atoms with Crippen LogP contribution < -0.4 is 16.8 Å². The van der Waals surface area contributed by atoms with E-state index in [0.717, 1.165) is 44.0 Å². The van der Waals surface area contributed by atoms with Gasteiger partial charge in [-0.05, 0) is 23.8 Å². The zero-order valence-corrected chi connectivity index (χ0v) is 21.2. The van der Waals surface area contributed by atoms with Gasteiger partial charge in [0.15, 0.2) is 5.69 Å². The lowest BCUT2D eigenvalue weighted by molar-refractivity contribution is -0.144. The van der Waals surface area contributed by atoms with E-state index >= 15 is 0 Å². The fourth-order valence-corrected chi connectivity index (χ4v) is 4.24. The van der Waals surface area contributed by atoms with E-state index in [9.17, 15) is 18.0 Å². The highest BCUT2D eigenvalue weighted by molar-refractivity contribution is 6.08. The van der Waals surface area contributed by atoms with Gasteiger partial charge in [0.25, 0.3) is 5.91 Å². The highest BCUT2D eigenvalue weighted by Gasteiger charge is 2.35. The molecule has 0 unspecified atom stereocenters. The minimum absolute atomic E-state index is 0.0529. The zero-order valence-electron chi connectivity index (χ0n) is 21.2. The van der Waals surface area contributed by atoms with E-state index in [1.54, 1.807) is 12.1 Å². The molecular weight excluding hydrogens is 525 g/mol. The molecular formula is C27H25F3N8O2. The lowest BCUT2D eigenvalue weighted by Crippen LogP contribution is -2.35. The predicted molar refractivity (Wildman–Crippen MR) is 143 cm³/mol. The summed E-state index contributed by atoms with van der Waals surface area (Å²) >= 11 is 0. The van der Waals surface area contributed by atoms with Crippen molar-refractivity contribution in [2.45, 2.75) is 12.7 Å². The molecule has 5 rings (SSSR count). The summed E-state index contributed by atoms with van der Waals surface area (Å²) in [5.41, 5.74) is 14.3. The standard InChI is InChI=1S/C27H25F3N8O2/c28-27(29,30)26-36-21(13-23(32)37-26)18-7-8-33-14-22(18)35-25(39)24-19(31)5-6-20(34-24)17-3-1-16(2-4-17)15-38-9-11-40-12-10-38/h1-8,13-14H,9-12,15,31H2,(H,35,39)(H2,32,36,37). The maximum Gasteiger partial charge on any atom is 0.451 e. The molecule has 0 bridgehead atoms. The molecule has 4 heterocycles. The monoisotopic (exact) mass is 550 g/mol. The molecule has 13 heteroatoms. The van der Waals surface area contributed by atoms with Crippen molar-refractivity contribution < 1.29 is 22.7 Å². The topological polar surface area (TPSA) is 145 Å². The Hall–Kier alpha value is -4.62. The predicted octanol–water partition coefficient (Wildman–Crippen LogP) is 3.87. The van der Waals surface area contributed by atoms with Gasteiger partial charge in [0.2, 0.25) is 5.82 Å². The lowest BCUT2D eigenvalue weighted by atomic mass is 10.1. The summed E-state index contributed by atoms with van der Waals surface area (Å²) in [6.45, 7) is 4.02. The van der Waals surface area contributed by atoms with E-state index in [2.05, 4.69) is 30.2 Å². The smallest absolute Gasteiger partial charge is 0.397 e. The van der Waals surface area contributed by atoms with Crippen LogP contribution in [-0.4, -0.2) is 57.0 Å². The van der Waals surface area contributed by atoms with E-state index in [4.69, 9.17) is 16.2 Å². The van der Waals surface area contributed by atoms with Crippen LogP contribution in [-0.2, 0) is 17.5 Å². The van der Waals surface area contributed by atoms with Crippen molar-refractivity contribution in [3.05, 3.63) is 78.0 Å². The van der Waals surface area contributed by atoms with Gasteiger partial charge in [-0.15, -0.1) is 0 Å². The number of nitrogens with zero attached hydrogens (tertiary/aromatic N) is 5. The van der Waals surface area contributed by atoms with Gasteiger partial charge in [-0.2, -0.15) is 13.2 Å². The number of carbonyl (C=O) groups excluding carboxylic acids is 1. The molecule has 1 saturated heterocycles. The number of nitrogens with two attached hydrogens (primary N) is 2. The van der Waals surface area contributed by atoms with E-state index in [1.165, 1.54) is 24.5 Å². The fourth-order valence-electron chi connectivity index (χ4n) is 4.24. The quantitative estimate of drug-likeness (QED) is 0.326. The van der Waals surface area contributed by atoms with Crippen molar-refractivity contribution >= 4 is 23.1 Å². The Bertz CT molecular complexity index is 1520. The van der Waals surface area contributed by atoms with Crippen LogP contribution in [0.4, 0.5) is 30.4 Å². The van der Waals surface area contributed by atoms with Crippen LogP contribution in [0.15, 0.2) is 60.9 Å². The second kappa shape index (κ2) is 11.2. The van der Waals surface area contributed by atoms with Gasteiger partial charge >= 0.3 is 6.18 Å². The van der Waals surface area contributed by atoms with Gasteiger partial charge in [-0.1, -0.05) is 24.3 Å². The minimum Gasteiger partial charge on any atom is -0.397 e. The second-order valence-electron chi connectivity index (χ2n) is 9.09. The third-order valence-corrected chi connectivity index (χ3v) is 6.25. The number of ether oxygens (including phenoxy) is 1. The average Bonchev–Trinajstić information content (AvgIpc) is 2.94. The number of nitrogens with one attached hydrogen (secondary N) is 1. The van der Waals surface area contributed by atoms with Gasteiger partial charge in [0.1, 0.15) is 5.82 Å². The molecule has 5 N–H and O–H groups in total. The van der Waals surface area contributed by atoms with Crippen LogP contribution in [0.1, 0.15) is 21.9 Å². The Balaban J connectivity index is 1.38. The highest BCUT2D eigenvalue weighted by Crippen LogP contribution is 2.32. The van der Waals surface area contributed by atoms with Crippen LogP contribution in [0.3, 0.4) is 0 Å². The molecule has 1 aromatic carbocycles. The number of hydrogen-bond acceptors (Lipinski definition) is 9. The number of rotatable bonds is 6. The molecule has 0 atom stereocenters. The maximum atomic E-state index is 13.3. The first-order chi connectivity index (χ1) is 19.2. The fraction of sp³-hybridized carbons (Fsp3) is 0.222. The third-order valence-electron chi connectivity index (χ3n) is 6.25. The van der Waals surface area contributed by atoms with E-state index in [1.807, 2.05) is 24.3 Å². The average molecular weight is 551 g/mol. The Morgan fingerprint density at radius 3 is 2.45 bits per heavy atom. The Morgan fingerprint density at radius 2 is 1.73 bits per heavy atom. The van der Waals surface area contributed by atoms with Crippen molar-refractivity contribution in [2.24, 2.45) is 0 Å². The number of anilines is 3. The van der Waals surface area contributed by atoms with E-state index in [-0.39, 0.29) is 34.1 Å². The number of amides is 1. The molecule has 10 nitrogen and oxygen atoms in total.